The first-order valence-corrected chi connectivity index (χ1v) is 4.78. The molecule has 5 atom stereocenters. The van der Waals surface area contributed by atoms with Crippen LogP contribution in [0.1, 0.15) is 19.3 Å². The van der Waals surface area contributed by atoms with Gasteiger partial charge in [0.15, 0.2) is 0 Å². The fourth-order valence-corrected chi connectivity index (χ4v) is 3.61. The van der Waals surface area contributed by atoms with Crippen LogP contribution >= 0.6 is 0 Å². The maximum Gasteiger partial charge on any atom is 0.00730 e. The van der Waals surface area contributed by atoms with E-state index in [1.807, 2.05) is 0 Å². The lowest BCUT2D eigenvalue weighted by molar-refractivity contribution is 0.255. The van der Waals surface area contributed by atoms with Gasteiger partial charge in [-0.25, -0.2) is 0 Å². The van der Waals surface area contributed by atoms with Gasteiger partial charge in [0, 0.05) is 6.04 Å². The van der Waals surface area contributed by atoms with Crippen LogP contribution in [0.25, 0.3) is 0 Å². The summed E-state index contributed by atoms with van der Waals surface area (Å²) in [6.07, 6.45) is 8.87. The molecule has 2 bridgehead atoms. The van der Waals surface area contributed by atoms with Crippen LogP contribution in [0.5, 0.6) is 0 Å². The van der Waals surface area contributed by atoms with Crippen LogP contribution in [-0.2, 0) is 0 Å². The molecular weight excluding hydrogens is 134 g/mol. The molecule has 0 heterocycles. The van der Waals surface area contributed by atoms with Crippen LogP contribution < -0.4 is 5.73 Å². The summed E-state index contributed by atoms with van der Waals surface area (Å²) in [6.45, 7) is 0. The van der Waals surface area contributed by atoms with Gasteiger partial charge in [-0.15, -0.1) is 0 Å². The first kappa shape index (κ1) is 6.24. The number of fused-ring (bicyclic) bond motifs is 5. The lowest BCUT2D eigenvalue weighted by Crippen LogP contribution is -2.34. The van der Waals surface area contributed by atoms with Crippen molar-refractivity contribution in [2.24, 2.45) is 29.4 Å². The van der Waals surface area contributed by atoms with Gasteiger partial charge < -0.3 is 5.73 Å². The standard InChI is InChI=1S/C10H15N/c11-10-5-6-4-9(10)8-3-1-2-7(6)8/h1-2,6-10H,3-5,11H2/t6-,7+,8+,9-,10+/m0/s1. The van der Waals surface area contributed by atoms with E-state index in [-0.39, 0.29) is 0 Å². The van der Waals surface area contributed by atoms with E-state index in [0.29, 0.717) is 6.04 Å². The van der Waals surface area contributed by atoms with Crippen molar-refractivity contribution >= 4 is 0 Å². The highest BCUT2D eigenvalue weighted by molar-refractivity contribution is 5.14. The number of hydrogen-bond acceptors (Lipinski definition) is 1. The Hall–Kier alpha value is -0.300. The summed E-state index contributed by atoms with van der Waals surface area (Å²) in [5.74, 6) is 3.71. The fourth-order valence-electron chi connectivity index (χ4n) is 3.61. The Morgan fingerprint density at radius 2 is 2.09 bits per heavy atom. The molecule has 0 aromatic carbocycles. The van der Waals surface area contributed by atoms with Crippen LogP contribution in [-0.4, -0.2) is 6.04 Å². The molecule has 0 spiro atoms. The zero-order valence-electron chi connectivity index (χ0n) is 6.74. The van der Waals surface area contributed by atoms with Crippen molar-refractivity contribution in [1.82, 2.24) is 0 Å². The number of rotatable bonds is 0. The molecule has 3 aliphatic rings. The van der Waals surface area contributed by atoms with E-state index in [1.54, 1.807) is 0 Å². The number of allylic oxidation sites excluding steroid dienone is 2. The van der Waals surface area contributed by atoms with Crippen molar-refractivity contribution in [2.45, 2.75) is 25.3 Å². The minimum atomic E-state index is 0.543. The van der Waals surface area contributed by atoms with E-state index < -0.39 is 0 Å². The average Bonchev–Trinajstić information content (AvgIpc) is 2.52. The summed E-state index contributed by atoms with van der Waals surface area (Å²) in [5, 5.41) is 0. The van der Waals surface area contributed by atoms with Gasteiger partial charge in [-0.1, -0.05) is 12.2 Å². The number of hydrogen-bond donors (Lipinski definition) is 1. The monoisotopic (exact) mass is 149 g/mol. The molecule has 2 N–H and O–H groups in total. The average molecular weight is 149 g/mol. The van der Waals surface area contributed by atoms with Crippen molar-refractivity contribution in [3.63, 3.8) is 0 Å². The normalized spacial score (nSPS) is 58.8. The van der Waals surface area contributed by atoms with Crippen molar-refractivity contribution in [2.75, 3.05) is 0 Å². The molecule has 60 valence electrons. The van der Waals surface area contributed by atoms with Gasteiger partial charge in [-0.3, -0.25) is 0 Å². The zero-order valence-corrected chi connectivity index (χ0v) is 6.74. The first-order valence-electron chi connectivity index (χ1n) is 4.78. The second-order valence-corrected chi connectivity index (χ2v) is 4.46. The van der Waals surface area contributed by atoms with Crippen molar-refractivity contribution in [1.29, 1.82) is 0 Å². The lowest BCUT2D eigenvalue weighted by atomic mass is 9.79. The topological polar surface area (TPSA) is 26.0 Å². The molecule has 0 amide bonds. The maximum atomic E-state index is 6.05. The zero-order chi connectivity index (χ0) is 7.42. The third-order valence-corrected chi connectivity index (χ3v) is 4.05. The Kier molecular flexibility index (Phi) is 1.07. The molecule has 1 heteroatoms. The largest absolute Gasteiger partial charge is 0.327 e. The summed E-state index contributed by atoms with van der Waals surface area (Å²) in [6, 6.07) is 0.543. The van der Waals surface area contributed by atoms with Gasteiger partial charge in [0.05, 0.1) is 0 Å². The maximum absolute atomic E-state index is 6.05. The van der Waals surface area contributed by atoms with Crippen LogP contribution in [0, 0.1) is 23.7 Å². The molecule has 0 unspecified atom stereocenters. The minimum Gasteiger partial charge on any atom is -0.327 e. The highest BCUT2D eigenvalue weighted by Gasteiger charge is 2.50. The summed E-state index contributed by atoms with van der Waals surface area (Å²) in [5.41, 5.74) is 6.05. The van der Waals surface area contributed by atoms with Crippen LogP contribution in [0.2, 0.25) is 0 Å². The smallest absolute Gasteiger partial charge is 0.00730 e. The molecule has 11 heavy (non-hydrogen) atoms. The van der Waals surface area contributed by atoms with Gasteiger partial charge in [-0.2, -0.15) is 0 Å². The highest BCUT2D eigenvalue weighted by Crippen LogP contribution is 2.55. The van der Waals surface area contributed by atoms with Crippen molar-refractivity contribution < 1.29 is 0 Å². The van der Waals surface area contributed by atoms with Gasteiger partial charge >= 0.3 is 0 Å². The molecule has 1 nitrogen and oxygen atoms in total. The van der Waals surface area contributed by atoms with Gasteiger partial charge in [-0.05, 0) is 42.9 Å². The predicted molar refractivity (Wildman–Crippen MR) is 44.9 cm³/mol. The van der Waals surface area contributed by atoms with E-state index in [1.165, 1.54) is 19.3 Å². The van der Waals surface area contributed by atoms with Crippen LogP contribution in [0.4, 0.5) is 0 Å². The second kappa shape index (κ2) is 1.89. The Morgan fingerprint density at radius 3 is 3.00 bits per heavy atom. The van der Waals surface area contributed by atoms with Crippen LogP contribution in [0.3, 0.4) is 0 Å². The van der Waals surface area contributed by atoms with Gasteiger partial charge in [0.1, 0.15) is 0 Å². The van der Waals surface area contributed by atoms with E-state index in [2.05, 4.69) is 12.2 Å². The van der Waals surface area contributed by atoms with E-state index >= 15 is 0 Å². The SMILES string of the molecule is N[C@@H]1C[C@@H]2C[C@H]1[C@@H]1CC=C[C@H]21. The molecule has 0 aliphatic heterocycles. The third-order valence-electron chi connectivity index (χ3n) is 4.05. The third kappa shape index (κ3) is 0.652. The molecule has 0 saturated heterocycles. The fraction of sp³-hybridized carbons (Fsp3) is 0.800. The van der Waals surface area contributed by atoms with E-state index in [9.17, 15) is 0 Å². The molecule has 0 aromatic heterocycles. The molecule has 3 rings (SSSR count). The summed E-state index contributed by atoms with van der Waals surface area (Å²) in [7, 11) is 0. The van der Waals surface area contributed by atoms with Crippen molar-refractivity contribution in [3.05, 3.63) is 12.2 Å². The van der Waals surface area contributed by atoms with Crippen LogP contribution in [0.15, 0.2) is 12.2 Å². The predicted octanol–water partition coefficient (Wildman–Crippen LogP) is 1.55. The number of nitrogens with two attached hydrogens (primary N) is 1. The van der Waals surface area contributed by atoms with E-state index in [0.717, 1.165) is 23.7 Å². The minimum absolute atomic E-state index is 0.543. The Bertz CT molecular complexity index is 209. The lowest BCUT2D eigenvalue weighted by Gasteiger charge is -2.28. The molecular formula is C10H15N. The first-order chi connectivity index (χ1) is 5.36. The van der Waals surface area contributed by atoms with Gasteiger partial charge in [0.2, 0.25) is 0 Å². The quantitative estimate of drug-likeness (QED) is 0.519. The molecule has 2 fully saturated rings. The summed E-state index contributed by atoms with van der Waals surface area (Å²) in [4.78, 5) is 0. The van der Waals surface area contributed by atoms with Gasteiger partial charge in [0.25, 0.3) is 0 Å². The van der Waals surface area contributed by atoms with Crippen molar-refractivity contribution in [3.8, 4) is 0 Å². The Morgan fingerprint density at radius 1 is 1.18 bits per heavy atom. The molecule has 3 aliphatic carbocycles. The molecule has 0 radical (unpaired) electrons. The second-order valence-electron chi connectivity index (χ2n) is 4.46. The molecule has 2 saturated carbocycles. The highest BCUT2D eigenvalue weighted by atomic mass is 14.7. The summed E-state index contributed by atoms with van der Waals surface area (Å²) < 4.78 is 0. The Balaban J connectivity index is 1.94. The summed E-state index contributed by atoms with van der Waals surface area (Å²) >= 11 is 0. The van der Waals surface area contributed by atoms with E-state index in [4.69, 9.17) is 5.73 Å². The molecule has 0 aromatic rings. The Labute approximate surface area is 67.7 Å².